The van der Waals surface area contributed by atoms with Gasteiger partial charge in [-0.05, 0) is 31.5 Å². The summed E-state index contributed by atoms with van der Waals surface area (Å²) in [6.45, 7) is 2.39. The molecular formula is C18H21N3O3. The molecule has 0 radical (unpaired) electrons. The Balaban J connectivity index is 1.66. The van der Waals surface area contributed by atoms with E-state index in [2.05, 4.69) is 14.9 Å². The molecule has 1 aliphatic rings. The monoisotopic (exact) mass is 327 g/mol. The molecule has 1 unspecified atom stereocenters. The van der Waals surface area contributed by atoms with Crippen molar-refractivity contribution in [3.63, 3.8) is 0 Å². The van der Waals surface area contributed by atoms with E-state index in [0.717, 1.165) is 43.7 Å². The van der Waals surface area contributed by atoms with Crippen molar-refractivity contribution >= 4 is 5.97 Å². The number of hydrogen-bond acceptors (Lipinski definition) is 5. The highest BCUT2D eigenvalue weighted by Gasteiger charge is 2.23. The van der Waals surface area contributed by atoms with Crippen LogP contribution in [0.3, 0.4) is 0 Å². The van der Waals surface area contributed by atoms with E-state index in [1.807, 2.05) is 30.3 Å². The third kappa shape index (κ3) is 4.29. The highest BCUT2D eigenvalue weighted by Crippen LogP contribution is 2.28. The molecule has 1 N–H and O–H groups in total. The first-order valence-corrected chi connectivity index (χ1v) is 8.13. The Kier molecular flexibility index (Phi) is 5.38. The quantitative estimate of drug-likeness (QED) is 0.877. The van der Waals surface area contributed by atoms with Gasteiger partial charge in [0.05, 0.1) is 0 Å². The molecule has 2 heterocycles. The van der Waals surface area contributed by atoms with E-state index in [1.165, 1.54) is 0 Å². The SMILES string of the molecule is O=C(O)COc1ccccc1CN1CCCC(c2ccncn2)C1. The number of piperidine rings is 1. The minimum atomic E-state index is -0.966. The van der Waals surface area contributed by atoms with Gasteiger partial charge in [-0.1, -0.05) is 18.2 Å². The number of likely N-dealkylation sites (tertiary alicyclic amines) is 1. The van der Waals surface area contributed by atoms with Crippen molar-refractivity contribution in [1.29, 1.82) is 0 Å². The number of benzene rings is 1. The fourth-order valence-corrected chi connectivity index (χ4v) is 3.14. The first-order chi connectivity index (χ1) is 11.7. The lowest BCUT2D eigenvalue weighted by molar-refractivity contribution is -0.139. The van der Waals surface area contributed by atoms with Crippen molar-refractivity contribution in [2.24, 2.45) is 0 Å². The molecule has 6 heteroatoms. The fraction of sp³-hybridized carbons (Fsp3) is 0.389. The number of hydrogen-bond donors (Lipinski definition) is 1. The van der Waals surface area contributed by atoms with Crippen molar-refractivity contribution in [3.05, 3.63) is 54.1 Å². The Morgan fingerprint density at radius 3 is 3.00 bits per heavy atom. The Morgan fingerprint density at radius 1 is 1.33 bits per heavy atom. The minimum absolute atomic E-state index is 0.319. The second-order valence-electron chi connectivity index (χ2n) is 6.00. The second kappa shape index (κ2) is 7.88. The van der Waals surface area contributed by atoms with Gasteiger partial charge in [0.1, 0.15) is 12.1 Å². The van der Waals surface area contributed by atoms with E-state index in [1.54, 1.807) is 12.5 Å². The standard InChI is InChI=1S/C18H21N3O3/c22-18(23)12-24-17-6-2-1-4-15(17)11-21-9-3-5-14(10-21)16-7-8-19-13-20-16/h1-2,4,6-8,13-14H,3,5,9-12H2,(H,22,23). The van der Waals surface area contributed by atoms with Crippen molar-refractivity contribution < 1.29 is 14.6 Å². The van der Waals surface area contributed by atoms with Crippen molar-refractivity contribution in [2.45, 2.75) is 25.3 Å². The number of aliphatic carboxylic acids is 1. The largest absolute Gasteiger partial charge is 0.482 e. The fourth-order valence-electron chi connectivity index (χ4n) is 3.14. The number of ether oxygens (including phenoxy) is 1. The molecule has 6 nitrogen and oxygen atoms in total. The van der Waals surface area contributed by atoms with Crippen molar-refractivity contribution in [2.75, 3.05) is 19.7 Å². The van der Waals surface area contributed by atoms with Crippen LogP contribution in [0.5, 0.6) is 5.75 Å². The van der Waals surface area contributed by atoms with Crippen LogP contribution in [0.2, 0.25) is 0 Å². The van der Waals surface area contributed by atoms with E-state index in [0.29, 0.717) is 11.7 Å². The van der Waals surface area contributed by atoms with Crippen LogP contribution < -0.4 is 4.74 Å². The molecular weight excluding hydrogens is 306 g/mol. The molecule has 1 saturated heterocycles. The van der Waals surface area contributed by atoms with Crippen LogP contribution in [0, 0.1) is 0 Å². The molecule has 1 aromatic carbocycles. The number of carboxylic acids is 1. The molecule has 1 atom stereocenters. The second-order valence-corrected chi connectivity index (χ2v) is 6.00. The minimum Gasteiger partial charge on any atom is -0.482 e. The van der Waals surface area contributed by atoms with Gasteiger partial charge in [0.2, 0.25) is 0 Å². The number of rotatable bonds is 6. The Bertz CT molecular complexity index is 678. The van der Waals surface area contributed by atoms with Crippen LogP contribution in [0.1, 0.15) is 30.0 Å². The summed E-state index contributed by atoms with van der Waals surface area (Å²) in [5.74, 6) is 0.0875. The third-order valence-corrected chi connectivity index (χ3v) is 4.25. The zero-order valence-corrected chi connectivity index (χ0v) is 13.5. The average Bonchev–Trinajstić information content (AvgIpc) is 2.62. The summed E-state index contributed by atoms with van der Waals surface area (Å²) in [7, 11) is 0. The highest BCUT2D eigenvalue weighted by molar-refractivity contribution is 5.68. The van der Waals surface area contributed by atoms with E-state index < -0.39 is 5.97 Å². The predicted molar refractivity (Wildman–Crippen MR) is 88.9 cm³/mol. The van der Waals surface area contributed by atoms with Gasteiger partial charge in [0, 0.05) is 36.5 Å². The summed E-state index contributed by atoms with van der Waals surface area (Å²) < 4.78 is 5.40. The van der Waals surface area contributed by atoms with E-state index in [4.69, 9.17) is 9.84 Å². The molecule has 1 fully saturated rings. The lowest BCUT2D eigenvalue weighted by atomic mass is 9.94. The van der Waals surface area contributed by atoms with Crippen LogP contribution >= 0.6 is 0 Å². The predicted octanol–water partition coefficient (Wildman–Crippen LogP) is 2.32. The number of carbonyl (C=O) groups is 1. The van der Waals surface area contributed by atoms with E-state index in [-0.39, 0.29) is 6.61 Å². The molecule has 0 saturated carbocycles. The smallest absolute Gasteiger partial charge is 0.341 e. The maximum Gasteiger partial charge on any atom is 0.341 e. The van der Waals surface area contributed by atoms with Gasteiger partial charge >= 0.3 is 5.97 Å². The topological polar surface area (TPSA) is 75.6 Å². The molecule has 24 heavy (non-hydrogen) atoms. The molecule has 1 aliphatic heterocycles. The summed E-state index contributed by atoms with van der Waals surface area (Å²) in [6, 6.07) is 9.61. The van der Waals surface area contributed by atoms with Gasteiger partial charge in [0.25, 0.3) is 0 Å². The summed E-state index contributed by atoms with van der Waals surface area (Å²) in [6.07, 6.45) is 5.64. The lowest BCUT2D eigenvalue weighted by Gasteiger charge is -2.32. The van der Waals surface area contributed by atoms with Gasteiger partial charge < -0.3 is 9.84 Å². The normalized spacial score (nSPS) is 18.2. The van der Waals surface area contributed by atoms with Crippen LogP contribution in [0.4, 0.5) is 0 Å². The highest BCUT2D eigenvalue weighted by atomic mass is 16.5. The lowest BCUT2D eigenvalue weighted by Crippen LogP contribution is -2.34. The maximum absolute atomic E-state index is 10.7. The van der Waals surface area contributed by atoms with E-state index in [9.17, 15) is 4.79 Å². The van der Waals surface area contributed by atoms with Gasteiger partial charge in [-0.2, -0.15) is 0 Å². The van der Waals surface area contributed by atoms with Crippen LogP contribution in [-0.4, -0.2) is 45.6 Å². The Hall–Kier alpha value is -2.47. The summed E-state index contributed by atoms with van der Waals surface area (Å²) in [4.78, 5) is 21.5. The van der Waals surface area contributed by atoms with Gasteiger partial charge in [-0.3, -0.25) is 4.90 Å². The molecule has 1 aromatic heterocycles. The average molecular weight is 327 g/mol. The molecule has 0 spiro atoms. The molecule has 2 aromatic rings. The third-order valence-electron chi connectivity index (χ3n) is 4.25. The van der Waals surface area contributed by atoms with Crippen LogP contribution in [-0.2, 0) is 11.3 Å². The Labute approximate surface area is 141 Å². The first-order valence-electron chi connectivity index (χ1n) is 8.13. The van der Waals surface area contributed by atoms with Gasteiger partial charge in [-0.15, -0.1) is 0 Å². The zero-order valence-electron chi connectivity index (χ0n) is 13.5. The Morgan fingerprint density at radius 2 is 2.21 bits per heavy atom. The molecule has 3 rings (SSSR count). The number of nitrogens with zero attached hydrogens (tertiary/aromatic N) is 3. The zero-order chi connectivity index (χ0) is 16.8. The van der Waals surface area contributed by atoms with Crippen LogP contribution in [0.15, 0.2) is 42.9 Å². The van der Waals surface area contributed by atoms with Gasteiger partial charge in [-0.25, -0.2) is 14.8 Å². The van der Waals surface area contributed by atoms with E-state index >= 15 is 0 Å². The summed E-state index contributed by atoms with van der Waals surface area (Å²) in [5.41, 5.74) is 2.10. The van der Waals surface area contributed by atoms with Crippen LogP contribution in [0.25, 0.3) is 0 Å². The number of carboxylic acid groups (broad SMARTS) is 1. The number of para-hydroxylation sites is 1. The number of aromatic nitrogens is 2. The molecule has 126 valence electrons. The molecule has 0 bridgehead atoms. The van der Waals surface area contributed by atoms with Gasteiger partial charge in [0.15, 0.2) is 6.61 Å². The van der Waals surface area contributed by atoms with Crippen molar-refractivity contribution in [3.8, 4) is 5.75 Å². The maximum atomic E-state index is 10.7. The summed E-state index contributed by atoms with van der Waals surface area (Å²) in [5, 5.41) is 8.80. The first kappa shape index (κ1) is 16.4. The molecule has 0 amide bonds. The van der Waals surface area contributed by atoms with Crippen molar-refractivity contribution in [1.82, 2.24) is 14.9 Å². The molecule has 0 aliphatic carbocycles. The summed E-state index contributed by atoms with van der Waals surface area (Å²) >= 11 is 0.